The summed E-state index contributed by atoms with van der Waals surface area (Å²) < 4.78 is 1.28. The molecule has 0 unspecified atom stereocenters. The highest BCUT2D eigenvalue weighted by Gasteiger charge is 2.24. The molecule has 2 amide bonds. The Morgan fingerprint density at radius 1 is 1.07 bits per heavy atom. The third-order valence-corrected chi connectivity index (χ3v) is 5.12. The van der Waals surface area contributed by atoms with Crippen molar-refractivity contribution in [2.75, 3.05) is 11.4 Å². The number of hydrogen-bond acceptors (Lipinski definition) is 4. The average molecular weight is 402 g/mol. The molecule has 1 aliphatic rings. The summed E-state index contributed by atoms with van der Waals surface area (Å²) in [5.41, 5.74) is 3.62. The van der Waals surface area contributed by atoms with E-state index >= 15 is 0 Å². The molecule has 3 aromatic rings. The van der Waals surface area contributed by atoms with Gasteiger partial charge >= 0.3 is 0 Å². The Hall–Kier alpha value is -3.74. The lowest BCUT2D eigenvalue weighted by molar-refractivity contribution is -0.119. The number of anilines is 1. The maximum atomic E-state index is 12.8. The van der Waals surface area contributed by atoms with Gasteiger partial charge in [-0.25, -0.2) is 0 Å². The first-order valence-electron chi connectivity index (χ1n) is 9.81. The molecule has 0 saturated carbocycles. The number of aromatic nitrogens is 2. The first-order valence-corrected chi connectivity index (χ1v) is 9.81. The molecule has 7 heteroatoms. The van der Waals surface area contributed by atoms with Crippen molar-refractivity contribution in [3.63, 3.8) is 0 Å². The predicted octanol–water partition coefficient (Wildman–Crippen LogP) is 2.07. The highest BCUT2D eigenvalue weighted by molar-refractivity contribution is 5.96. The van der Waals surface area contributed by atoms with Crippen LogP contribution in [0.25, 0.3) is 0 Å². The minimum atomic E-state index is -0.328. The van der Waals surface area contributed by atoms with Crippen LogP contribution in [0, 0.1) is 6.92 Å². The van der Waals surface area contributed by atoms with Crippen LogP contribution in [0.5, 0.6) is 0 Å². The number of pyridine rings is 2. The Morgan fingerprint density at radius 2 is 1.90 bits per heavy atom. The summed E-state index contributed by atoms with van der Waals surface area (Å²) in [6.45, 7) is 2.64. The average Bonchev–Trinajstić information content (AvgIpc) is 3.18. The van der Waals surface area contributed by atoms with E-state index in [-0.39, 0.29) is 30.5 Å². The van der Waals surface area contributed by atoms with E-state index in [1.54, 1.807) is 4.90 Å². The molecule has 1 N–H and O–H groups in total. The molecule has 30 heavy (non-hydrogen) atoms. The molecule has 152 valence electrons. The van der Waals surface area contributed by atoms with Crippen LogP contribution in [-0.4, -0.2) is 27.9 Å². The van der Waals surface area contributed by atoms with E-state index in [0.29, 0.717) is 12.1 Å². The van der Waals surface area contributed by atoms with Crippen molar-refractivity contribution in [2.24, 2.45) is 0 Å². The monoisotopic (exact) mass is 402 g/mol. The Bertz CT molecular complexity index is 1170. The van der Waals surface area contributed by atoms with Crippen molar-refractivity contribution >= 4 is 17.5 Å². The van der Waals surface area contributed by atoms with Crippen LogP contribution in [0.2, 0.25) is 0 Å². The maximum absolute atomic E-state index is 12.8. The SMILES string of the molecule is Cc1cccc(CNC(=O)c2ccc(=O)n(CC(=O)N3CCc4ccccc43)c2)n1. The van der Waals surface area contributed by atoms with Gasteiger partial charge in [0.15, 0.2) is 0 Å². The minimum absolute atomic E-state index is 0.117. The number of amides is 2. The molecule has 4 rings (SSSR count). The number of hydrogen-bond donors (Lipinski definition) is 1. The smallest absolute Gasteiger partial charge is 0.253 e. The van der Waals surface area contributed by atoms with Crippen LogP contribution in [0.1, 0.15) is 27.3 Å². The van der Waals surface area contributed by atoms with Crippen molar-refractivity contribution in [3.8, 4) is 0 Å². The highest BCUT2D eigenvalue weighted by Crippen LogP contribution is 2.27. The molecule has 1 aromatic carbocycles. The fraction of sp³-hybridized carbons (Fsp3) is 0.217. The number of carbonyl (C=O) groups excluding carboxylic acids is 2. The molecule has 0 atom stereocenters. The van der Waals surface area contributed by atoms with E-state index in [2.05, 4.69) is 10.3 Å². The first kappa shape index (κ1) is 19.6. The van der Waals surface area contributed by atoms with Gasteiger partial charge in [-0.15, -0.1) is 0 Å². The lowest BCUT2D eigenvalue weighted by atomic mass is 10.2. The minimum Gasteiger partial charge on any atom is -0.346 e. The summed E-state index contributed by atoms with van der Waals surface area (Å²) in [5, 5.41) is 2.80. The molecule has 0 fully saturated rings. The van der Waals surface area contributed by atoms with Crippen LogP contribution in [-0.2, 0) is 24.3 Å². The van der Waals surface area contributed by atoms with Gasteiger partial charge in [0, 0.05) is 30.2 Å². The quantitative estimate of drug-likeness (QED) is 0.708. The summed E-state index contributed by atoms with van der Waals surface area (Å²) in [6, 6.07) is 16.1. The second-order valence-corrected chi connectivity index (χ2v) is 7.26. The Kier molecular flexibility index (Phi) is 5.43. The fourth-order valence-electron chi connectivity index (χ4n) is 3.59. The van der Waals surface area contributed by atoms with Gasteiger partial charge in [-0.3, -0.25) is 19.4 Å². The van der Waals surface area contributed by atoms with Crippen molar-refractivity contribution in [1.29, 1.82) is 0 Å². The number of aryl methyl sites for hydroxylation is 1. The third-order valence-electron chi connectivity index (χ3n) is 5.12. The van der Waals surface area contributed by atoms with Crippen LogP contribution in [0.3, 0.4) is 0 Å². The van der Waals surface area contributed by atoms with Gasteiger partial charge < -0.3 is 14.8 Å². The fourth-order valence-corrected chi connectivity index (χ4v) is 3.59. The molecule has 0 aliphatic carbocycles. The summed E-state index contributed by atoms with van der Waals surface area (Å²) >= 11 is 0. The van der Waals surface area contributed by atoms with Crippen LogP contribution in [0.15, 0.2) is 65.6 Å². The standard InChI is InChI=1S/C23H22N4O3/c1-16-5-4-7-19(25-16)13-24-23(30)18-9-10-21(28)26(14-18)15-22(29)27-12-11-17-6-2-3-8-20(17)27/h2-10,14H,11-13,15H2,1H3,(H,24,30). The number of nitrogens with zero attached hydrogens (tertiary/aromatic N) is 3. The number of para-hydroxylation sites is 1. The maximum Gasteiger partial charge on any atom is 0.253 e. The molecule has 1 aliphatic heterocycles. The van der Waals surface area contributed by atoms with Crippen molar-refractivity contribution in [1.82, 2.24) is 14.9 Å². The predicted molar refractivity (Wildman–Crippen MR) is 113 cm³/mol. The summed E-state index contributed by atoms with van der Waals surface area (Å²) in [6.07, 6.45) is 2.23. The largest absolute Gasteiger partial charge is 0.346 e. The Labute approximate surface area is 174 Å². The van der Waals surface area contributed by atoms with E-state index in [9.17, 15) is 14.4 Å². The van der Waals surface area contributed by atoms with Gasteiger partial charge in [0.2, 0.25) is 5.91 Å². The van der Waals surface area contributed by atoms with Gasteiger partial charge in [-0.1, -0.05) is 24.3 Å². The highest BCUT2D eigenvalue weighted by atomic mass is 16.2. The molecule has 0 saturated heterocycles. The molecule has 3 heterocycles. The third kappa shape index (κ3) is 4.15. The first-order chi connectivity index (χ1) is 14.5. The van der Waals surface area contributed by atoms with E-state index in [0.717, 1.165) is 29.1 Å². The summed E-state index contributed by atoms with van der Waals surface area (Å²) in [4.78, 5) is 43.6. The van der Waals surface area contributed by atoms with Crippen molar-refractivity contribution in [3.05, 3.63) is 93.7 Å². The van der Waals surface area contributed by atoms with E-state index < -0.39 is 0 Å². The number of nitrogens with one attached hydrogen (secondary N) is 1. The van der Waals surface area contributed by atoms with E-state index in [4.69, 9.17) is 0 Å². The molecule has 0 radical (unpaired) electrons. The second kappa shape index (κ2) is 8.32. The molecule has 2 aromatic heterocycles. The molecular formula is C23H22N4O3. The van der Waals surface area contributed by atoms with Gasteiger partial charge in [-0.05, 0) is 43.2 Å². The normalized spacial score (nSPS) is 12.5. The summed E-state index contributed by atoms with van der Waals surface area (Å²) in [7, 11) is 0. The van der Waals surface area contributed by atoms with Crippen LogP contribution in [0.4, 0.5) is 5.69 Å². The Morgan fingerprint density at radius 3 is 2.73 bits per heavy atom. The van der Waals surface area contributed by atoms with E-state index in [1.165, 1.54) is 22.9 Å². The number of rotatable bonds is 5. The Balaban J connectivity index is 1.46. The van der Waals surface area contributed by atoms with Gasteiger partial charge in [-0.2, -0.15) is 0 Å². The number of carbonyl (C=O) groups is 2. The zero-order valence-electron chi connectivity index (χ0n) is 16.7. The van der Waals surface area contributed by atoms with Crippen molar-refractivity contribution in [2.45, 2.75) is 26.4 Å². The molecular weight excluding hydrogens is 380 g/mol. The molecule has 0 bridgehead atoms. The molecule has 0 spiro atoms. The lowest BCUT2D eigenvalue weighted by Gasteiger charge is -2.18. The lowest BCUT2D eigenvalue weighted by Crippen LogP contribution is -2.35. The zero-order valence-corrected chi connectivity index (χ0v) is 16.7. The van der Waals surface area contributed by atoms with E-state index in [1.807, 2.05) is 49.4 Å². The van der Waals surface area contributed by atoms with Gasteiger partial charge in [0.25, 0.3) is 11.5 Å². The summed E-state index contributed by atoms with van der Waals surface area (Å²) in [5.74, 6) is -0.505. The van der Waals surface area contributed by atoms with Crippen molar-refractivity contribution < 1.29 is 9.59 Å². The topological polar surface area (TPSA) is 84.3 Å². The van der Waals surface area contributed by atoms with Gasteiger partial charge in [0.1, 0.15) is 6.54 Å². The zero-order chi connectivity index (χ0) is 21.1. The molecule has 7 nitrogen and oxygen atoms in total. The van der Waals surface area contributed by atoms with Crippen LogP contribution < -0.4 is 15.8 Å². The second-order valence-electron chi connectivity index (χ2n) is 7.26. The van der Waals surface area contributed by atoms with Crippen LogP contribution >= 0.6 is 0 Å². The number of fused-ring (bicyclic) bond motifs is 1. The number of benzene rings is 1. The van der Waals surface area contributed by atoms with Gasteiger partial charge in [0.05, 0.1) is 17.8 Å².